The lowest BCUT2D eigenvalue weighted by Gasteiger charge is -2.19. The van der Waals surface area contributed by atoms with Gasteiger partial charge < -0.3 is 5.73 Å². The van der Waals surface area contributed by atoms with Gasteiger partial charge in [0.25, 0.3) is 10.1 Å². The van der Waals surface area contributed by atoms with Gasteiger partial charge >= 0.3 is 0 Å². The molecule has 0 spiro atoms. The van der Waals surface area contributed by atoms with Crippen molar-refractivity contribution in [1.29, 1.82) is 0 Å². The quantitative estimate of drug-likeness (QED) is 0.648. The molecule has 12 heavy (non-hydrogen) atoms. The summed E-state index contributed by atoms with van der Waals surface area (Å²) in [6.45, 7) is 3.75. The van der Waals surface area contributed by atoms with Crippen molar-refractivity contribution in [3.63, 3.8) is 0 Å². The fraction of sp³-hybridized carbons (Fsp3) is 1.00. The van der Waals surface area contributed by atoms with E-state index in [2.05, 4.69) is 0 Å². The molecule has 0 aromatic heterocycles. The van der Waals surface area contributed by atoms with Gasteiger partial charge in [-0.1, -0.05) is 13.8 Å². The Kier molecular flexibility index (Phi) is 4.74. The SMILES string of the molecule is CC[C@@H](N)[C@@H](CC)OS(C)(=O)=O. The van der Waals surface area contributed by atoms with Crippen LogP contribution in [0.3, 0.4) is 0 Å². The second-order valence-electron chi connectivity index (χ2n) is 2.82. The fourth-order valence-corrected chi connectivity index (χ4v) is 1.66. The van der Waals surface area contributed by atoms with Crippen molar-refractivity contribution in [3.05, 3.63) is 0 Å². The van der Waals surface area contributed by atoms with E-state index >= 15 is 0 Å². The number of nitrogens with two attached hydrogens (primary N) is 1. The molecule has 74 valence electrons. The van der Waals surface area contributed by atoms with Gasteiger partial charge in [-0.3, -0.25) is 4.18 Å². The van der Waals surface area contributed by atoms with Crippen molar-refractivity contribution >= 4 is 10.1 Å². The minimum absolute atomic E-state index is 0.204. The first-order valence-electron chi connectivity index (χ1n) is 4.04. The Morgan fingerprint density at radius 1 is 1.33 bits per heavy atom. The number of hydrogen-bond donors (Lipinski definition) is 1. The highest BCUT2D eigenvalue weighted by Gasteiger charge is 2.19. The van der Waals surface area contributed by atoms with Gasteiger partial charge in [-0.25, -0.2) is 0 Å². The summed E-state index contributed by atoms with van der Waals surface area (Å²) in [5.74, 6) is 0. The summed E-state index contributed by atoms with van der Waals surface area (Å²) < 4.78 is 26.3. The van der Waals surface area contributed by atoms with Gasteiger partial charge in [-0.2, -0.15) is 8.42 Å². The fourth-order valence-electron chi connectivity index (χ4n) is 0.930. The van der Waals surface area contributed by atoms with Crippen LogP contribution in [0.15, 0.2) is 0 Å². The van der Waals surface area contributed by atoms with Crippen LogP contribution in [0.25, 0.3) is 0 Å². The van der Waals surface area contributed by atoms with E-state index in [0.29, 0.717) is 12.8 Å². The molecule has 0 heterocycles. The van der Waals surface area contributed by atoms with E-state index in [0.717, 1.165) is 6.26 Å². The van der Waals surface area contributed by atoms with Crippen molar-refractivity contribution < 1.29 is 12.6 Å². The zero-order valence-corrected chi connectivity index (χ0v) is 8.60. The van der Waals surface area contributed by atoms with Crippen LogP contribution in [0.2, 0.25) is 0 Å². The van der Waals surface area contributed by atoms with E-state index in [-0.39, 0.29) is 12.1 Å². The first-order chi connectivity index (χ1) is 5.40. The van der Waals surface area contributed by atoms with Gasteiger partial charge in [0.1, 0.15) is 0 Å². The Balaban J connectivity index is 4.18. The molecule has 0 aromatic rings. The molecule has 5 heteroatoms. The van der Waals surface area contributed by atoms with E-state index in [9.17, 15) is 8.42 Å². The maximum atomic E-state index is 10.7. The Bertz CT molecular complexity index is 213. The minimum atomic E-state index is -3.37. The molecular weight excluding hydrogens is 178 g/mol. The Morgan fingerprint density at radius 3 is 2.08 bits per heavy atom. The molecule has 0 saturated carbocycles. The van der Waals surface area contributed by atoms with Crippen molar-refractivity contribution in [1.82, 2.24) is 0 Å². The molecule has 2 atom stereocenters. The molecule has 2 N–H and O–H groups in total. The third-order valence-electron chi connectivity index (χ3n) is 1.65. The summed E-state index contributed by atoms with van der Waals surface area (Å²) >= 11 is 0. The molecule has 0 aliphatic heterocycles. The number of hydrogen-bond acceptors (Lipinski definition) is 4. The summed E-state index contributed by atoms with van der Waals surface area (Å²) in [5, 5.41) is 0. The molecule has 0 bridgehead atoms. The standard InChI is InChI=1S/C7H17NO3S/c1-4-6(8)7(5-2)11-12(3,9)10/h6-7H,4-5,8H2,1-3H3/t6-,7-/m1/s1. The van der Waals surface area contributed by atoms with Crippen molar-refractivity contribution in [3.8, 4) is 0 Å². The van der Waals surface area contributed by atoms with Crippen LogP contribution in [0.4, 0.5) is 0 Å². The van der Waals surface area contributed by atoms with Crippen LogP contribution in [0.5, 0.6) is 0 Å². The topological polar surface area (TPSA) is 69.4 Å². The van der Waals surface area contributed by atoms with Crippen LogP contribution >= 0.6 is 0 Å². The average molecular weight is 195 g/mol. The molecule has 0 saturated heterocycles. The molecule has 0 amide bonds. The van der Waals surface area contributed by atoms with Gasteiger partial charge in [0, 0.05) is 6.04 Å². The Labute approximate surface area is 74.2 Å². The van der Waals surface area contributed by atoms with Gasteiger partial charge in [-0.15, -0.1) is 0 Å². The first-order valence-corrected chi connectivity index (χ1v) is 5.86. The third-order valence-corrected chi connectivity index (χ3v) is 2.25. The van der Waals surface area contributed by atoms with Crippen molar-refractivity contribution in [2.24, 2.45) is 5.73 Å². The predicted molar refractivity (Wildman–Crippen MR) is 48.3 cm³/mol. The van der Waals surface area contributed by atoms with E-state index in [1.165, 1.54) is 0 Å². The monoisotopic (exact) mass is 195 g/mol. The van der Waals surface area contributed by atoms with Crippen molar-refractivity contribution in [2.75, 3.05) is 6.26 Å². The Hall–Kier alpha value is -0.130. The van der Waals surface area contributed by atoms with Gasteiger partial charge in [0.05, 0.1) is 12.4 Å². The molecule has 0 fully saturated rings. The average Bonchev–Trinajstić information content (AvgIpc) is 1.97. The highest BCUT2D eigenvalue weighted by atomic mass is 32.2. The molecule has 0 aliphatic carbocycles. The van der Waals surface area contributed by atoms with E-state index in [1.807, 2.05) is 13.8 Å². The minimum Gasteiger partial charge on any atom is -0.325 e. The molecule has 0 aliphatic rings. The molecular formula is C7H17NO3S. The summed E-state index contributed by atoms with van der Waals surface area (Å²) in [6, 6.07) is -0.204. The van der Waals surface area contributed by atoms with Crippen molar-refractivity contribution in [2.45, 2.75) is 38.8 Å². The van der Waals surface area contributed by atoms with Crippen LogP contribution in [-0.4, -0.2) is 26.8 Å². The van der Waals surface area contributed by atoms with E-state index < -0.39 is 10.1 Å². The summed E-state index contributed by atoms with van der Waals surface area (Å²) in [5.41, 5.74) is 5.65. The molecule has 0 unspecified atom stereocenters. The highest BCUT2D eigenvalue weighted by Crippen LogP contribution is 2.08. The van der Waals surface area contributed by atoms with Gasteiger partial charge in [0.2, 0.25) is 0 Å². The lowest BCUT2D eigenvalue weighted by molar-refractivity contribution is 0.173. The molecule has 0 rings (SSSR count). The van der Waals surface area contributed by atoms with Crippen LogP contribution < -0.4 is 5.73 Å². The lowest BCUT2D eigenvalue weighted by Crippen LogP contribution is -2.37. The second-order valence-corrected chi connectivity index (χ2v) is 4.42. The zero-order valence-electron chi connectivity index (χ0n) is 7.78. The normalized spacial score (nSPS) is 17.3. The largest absolute Gasteiger partial charge is 0.325 e. The zero-order chi connectivity index (χ0) is 9.78. The van der Waals surface area contributed by atoms with Crippen LogP contribution in [0, 0.1) is 0 Å². The van der Waals surface area contributed by atoms with E-state index in [1.54, 1.807) is 0 Å². The number of rotatable bonds is 5. The summed E-state index contributed by atoms with van der Waals surface area (Å²) in [4.78, 5) is 0. The molecule has 4 nitrogen and oxygen atoms in total. The van der Waals surface area contributed by atoms with Crippen LogP contribution in [0.1, 0.15) is 26.7 Å². The molecule has 0 aromatic carbocycles. The van der Waals surface area contributed by atoms with Gasteiger partial charge in [0.15, 0.2) is 0 Å². The maximum absolute atomic E-state index is 10.7. The van der Waals surface area contributed by atoms with Gasteiger partial charge in [-0.05, 0) is 12.8 Å². The predicted octanol–water partition coefficient (Wildman–Crippen LogP) is 0.479. The second kappa shape index (κ2) is 4.79. The Morgan fingerprint density at radius 2 is 1.83 bits per heavy atom. The summed E-state index contributed by atoms with van der Waals surface area (Å²) in [6.07, 6.45) is 1.98. The maximum Gasteiger partial charge on any atom is 0.264 e. The highest BCUT2D eigenvalue weighted by molar-refractivity contribution is 7.86. The van der Waals surface area contributed by atoms with Crippen LogP contribution in [-0.2, 0) is 14.3 Å². The smallest absolute Gasteiger partial charge is 0.264 e. The summed E-state index contributed by atoms with van der Waals surface area (Å²) in [7, 11) is -3.37. The third kappa shape index (κ3) is 4.69. The molecule has 0 radical (unpaired) electrons. The van der Waals surface area contributed by atoms with E-state index in [4.69, 9.17) is 9.92 Å². The first kappa shape index (κ1) is 11.9. The lowest BCUT2D eigenvalue weighted by atomic mass is 10.1.